The predicted molar refractivity (Wildman–Crippen MR) is 36.1 cm³/mol. The quantitative estimate of drug-likeness (QED) is 0.319. The van der Waals surface area contributed by atoms with E-state index in [0.717, 1.165) is 24.9 Å². The third-order valence-corrected chi connectivity index (χ3v) is 1.07. The van der Waals surface area contributed by atoms with Gasteiger partial charge < -0.3 is 9.53 Å². The Labute approximate surface area is 55.5 Å². The number of methoxy groups -OCH3 is 1. The van der Waals surface area contributed by atoms with Gasteiger partial charge in [-0.1, -0.05) is 6.58 Å². The molecule has 0 heterocycles. The van der Waals surface area contributed by atoms with Crippen LogP contribution in [0.3, 0.4) is 0 Å². The summed E-state index contributed by atoms with van der Waals surface area (Å²) >= 11 is 0. The molecular formula is C7H12O2. The van der Waals surface area contributed by atoms with Crippen molar-refractivity contribution in [2.24, 2.45) is 0 Å². The first-order valence-electron chi connectivity index (χ1n) is 2.96. The van der Waals surface area contributed by atoms with Crippen LogP contribution in [0.4, 0.5) is 0 Å². The van der Waals surface area contributed by atoms with Gasteiger partial charge in [0.15, 0.2) is 0 Å². The van der Waals surface area contributed by atoms with Crippen LogP contribution < -0.4 is 0 Å². The largest absolute Gasteiger partial charge is 0.502 e. The molecule has 2 nitrogen and oxygen atoms in total. The molecule has 0 fully saturated rings. The Morgan fingerprint density at radius 3 is 2.89 bits per heavy atom. The fourth-order valence-electron chi connectivity index (χ4n) is 0.485. The number of allylic oxidation sites excluding steroid dienone is 1. The van der Waals surface area contributed by atoms with Gasteiger partial charge in [-0.15, -0.1) is 0 Å². The number of unbranched alkanes of at least 4 members (excludes halogenated alkanes) is 1. The molecule has 0 bridgehead atoms. The molecule has 0 aliphatic carbocycles. The number of hydrogen-bond donors (Lipinski definition) is 0. The van der Waals surface area contributed by atoms with Gasteiger partial charge in [-0.3, -0.25) is 0 Å². The first-order chi connectivity index (χ1) is 4.31. The standard InChI is InChI=1S/C7H12O2/c1-7(9-2)5-3-4-6-8/h6H,1,3-5H2,2H3. The van der Waals surface area contributed by atoms with E-state index in [2.05, 4.69) is 6.58 Å². The van der Waals surface area contributed by atoms with Crippen molar-refractivity contribution in [2.75, 3.05) is 7.11 Å². The molecule has 0 aliphatic rings. The van der Waals surface area contributed by atoms with Gasteiger partial charge in [0.2, 0.25) is 0 Å². The van der Waals surface area contributed by atoms with Crippen LogP contribution in [0.15, 0.2) is 12.3 Å². The lowest BCUT2D eigenvalue weighted by molar-refractivity contribution is -0.107. The highest BCUT2D eigenvalue weighted by atomic mass is 16.5. The number of carbonyl (C=O) groups excluding carboxylic acids is 1. The summed E-state index contributed by atoms with van der Waals surface area (Å²) in [5.41, 5.74) is 0. The molecule has 0 saturated heterocycles. The molecule has 0 spiro atoms. The van der Waals surface area contributed by atoms with Crippen molar-refractivity contribution in [3.05, 3.63) is 12.3 Å². The molecule has 0 N–H and O–H groups in total. The van der Waals surface area contributed by atoms with Crippen molar-refractivity contribution in [3.8, 4) is 0 Å². The Bertz CT molecular complexity index is 97.1. The van der Waals surface area contributed by atoms with Crippen molar-refractivity contribution in [1.29, 1.82) is 0 Å². The molecule has 52 valence electrons. The second-order valence-electron chi connectivity index (χ2n) is 1.80. The number of hydrogen-bond acceptors (Lipinski definition) is 2. The summed E-state index contributed by atoms with van der Waals surface area (Å²) in [7, 11) is 1.59. The minimum absolute atomic E-state index is 0.600. The van der Waals surface area contributed by atoms with Gasteiger partial charge >= 0.3 is 0 Å². The highest BCUT2D eigenvalue weighted by Crippen LogP contribution is 2.02. The zero-order valence-electron chi connectivity index (χ0n) is 5.72. The summed E-state index contributed by atoms with van der Waals surface area (Å²) in [5, 5.41) is 0. The van der Waals surface area contributed by atoms with E-state index in [1.165, 1.54) is 0 Å². The van der Waals surface area contributed by atoms with Crippen LogP contribution in [0.5, 0.6) is 0 Å². The van der Waals surface area contributed by atoms with Crippen LogP contribution in [0.25, 0.3) is 0 Å². The van der Waals surface area contributed by atoms with Crippen molar-refractivity contribution in [1.82, 2.24) is 0 Å². The van der Waals surface area contributed by atoms with Crippen LogP contribution in [0.2, 0.25) is 0 Å². The Kier molecular flexibility index (Phi) is 4.88. The van der Waals surface area contributed by atoms with Crippen molar-refractivity contribution < 1.29 is 9.53 Å². The third-order valence-electron chi connectivity index (χ3n) is 1.07. The molecule has 0 aromatic rings. The average molecular weight is 128 g/mol. The van der Waals surface area contributed by atoms with Gasteiger partial charge in [-0.25, -0.2) is 0 Å². The lowest BCUT2D eigenvalue weighted by atomic mass is 10.2. The number of carbonyl (C=O) groups is 1. The summed E-state index contributed by atoms with van der Waals surface area (Å²) < 4.78 is 4.79. The van der Waals surface area contributed by atoms with Gasteiger partial charge in [0.1, 0.15) is 6.29 Å². The molecular weight excluding hydrogens is 116 g/mol. The summed E-state index contributed by atoms with van der Waals surface area (Å²) in [6, 6.07) is 0. The molecule has 0 unspecified atom stereocenters. The Balaban J connectivity index is 3.06. The second-order valence-corrected chi connectivity index (χ2v) is 1.80. The molecule has 0 aliphatic heterocycles. The molecule has 0 radical (unpaired) electrons. The third kappa shape index (κ3) is 5.07. The molecule has 9 heavy (non-hydrogen) atoms. The minimum atomic E-state index is 0.600. The van der Waals surface area contributed by atoms with E-state index in [9.17, 15) is 4.79 Å². The van der Waals surface area contributed by atoms with Crippen LogP contribution in [-0.4, -0.2) is 13.4 Å². The fourth-order valence-corrected chi connectivity index (χ4v) is 0.485. The SMILES string of the molecule is C=C(CCCC=O)OC. The Morgan fingerprint density at radius 1 is 1.78 bits per heavy atom. The molecule has 2 heteroatoms. The van der Waals surface area contributed by atoms with Crippen LogP contribution in [0, 0.1) is 0 Å². The Hall–Kier alpha value is -0.790. The van der Waals surface area contributed by atoms with Crippen molar-refractivity contribution in [2.45, 2.75) is 19.3 Å². The van der Waals surface area contributed by atoms with E-state index in [1.54, 1.807) is 7.11 Å². The van der Waals surface area contributed by atoms with E-state index >= 15 is 0 Å². The molecule has 0 atom stereocenters. The van der Waals surface area contributed by atoms with Crippen LogP contribution in [0.1, 0.15) is 19.3 Å². The molecule has 0 saturated carbocycles. The predicted octanol–water partition coefficient (Wildman–Crippen LogP) is 1.52. The van der Waals surface area contributed by atoms with Crippen LogP contribution >= 0.6 is 0 Å². The van der Waals surface area contributed by atoms with Gasteiger partial charge in [-0.05, 0) is 6.42 Å². The van der Waals surface area contributed by atoms with Crippen molar-refractivity contribution >= 4 is 6.29 Å². The number of rotatable bonds is 5. The maximum absolute atomic E-state index is 9.80. The molecule has 0 aromatic heterocycles. The highest BCUT2D eigenvalue weighted by molar-refractivity contribution is 5.49. The van der Waals surface area contributed by atoms with Gasteiger partial charge in [0.05, 0.1) is 12.9 Å². The van der Waals surface area contributed by atoms with Crippen LogP contribution in [-0.2, 0) is 9.53 Å². The lowest BCUT2D eigenvalue weighted by Crippen LogP contribution is -1.84. The summed E-state index contributed by atoms with van der Waals surface area (Å²) in [4.78, 5) is 9.80. The smallest absolute Gasteiger partial charge is 0.120 e. The zero-order valence-corrected chi connectivity index (χ0v) is 5.72. The zero-order chi connectivity index (χ0) is 7.11. The average Bonchev–Trinajstić information content (AvgIpc) is 1.89. The number of aldehydes is 1. The van der Waals surface area contributed by atoms with E-state index in [-0.39, 0.29) is 0 Å². The Morgan fingerprint density at radius 2 is 2.44 bits per heavy atom. The minimum Gasteiger partial charge on any atom is -0.502 e. The summed E-state index contributed by atoms with van der Waals surface area (Å²) in [5.74, 6) is 0.747. The fraction of sp³-hybridized carbons (Fsp3) is 0.571. The maximum Gasteiger partial charge on any atom is 0.120 e. The van der Waals surface area contributed by atoms with Gasteiger partial charge in [0, 0.05) is 12.8 Å². The first kappa shape index (κ1) is 8.21. The topological polar surface area (TPSA) is 26.3 Å². The monoisotopic (exact) mass is 128 g/mol. The number of ether oxygens (including phenoxy) is 1. The summed E-state index contributed by atoms with van der Waals surface area (Å²) in [6.07, 6.45) is 3.14. The first-order valence-corrected chi connectivity index (χ1v) is 2.96. The van der Waals surface area contributed by atoms with Crippen molar-refractivity contribution in [3.63, 3.8) is 0 Å². The van der Waals surface area contributed by atoms with E-state index < -0.39 is 0 Å². The molecule has 0 rings (SSSR count). The van der Waals surface area contributed by atoms with E-state index in [0.29, 0.717) is 6.42 Å². The van der Waals surface area contributed by atoms with Gasteiger partial charge in [0.25, 0.3) is 0 Å². The van der Waals surface area contributed by atoms with E-state index in [1.807, 2.05) is 0 Å². The highest BCUT2D eigenvalue weighted by Gasteiger charge is 1.90. The summed E-state index contributed by atoms with van der Waals surface area (Å²) in [6.45, 7) is 3.61. The normalized spacial score (nSPS) is 8.56. The van der Waals surface area contributed by atoms with E-state index in [4.69, 9.17) is 4.74 Å². The molecule has 0 amide bonds. The lowest BCUT2D eigenvalue weighted by Gasteiger charge is -1.99. The second kappa shape index (κ2) is 5.35. The maximum atomic E-state index is 9.80. The van der Waals surface area contributed by atoms with Gasteiger partial charge in [-0.2, -0.15) is 0 Å². The molecule has 0 aromatic carbocycles.